The summed E-state index contributed by atoms with van der Waals surface area (Å²) in [5.41, 5.74) is 0.953. The molecule has 2 rings (SSSR count). The van der Waals surface area contributed by atoms with Crippen LogP contribution in [0.1, 0.15) is 6.92 Å². The van der Waals surface area contributed by atoms with E-state index in [4.69, 9.17) is 0 Å². The molecule has 2 aliphatic heterocycles. The summed E-state index contributed by atoms with van der Waals surface area (Å²) in [5.74, 6) is 0.330. The van der Waals surface area contributed by atoms with Gasteiger partial charge in [-0.05, 0) is 12.5 Å². The largest absolute Gasteiger partial charge is 0.316 e. The zero-order valence-corrected chi connectivity index (χ0v) is 6.03. The average molecular weight is 149 g/mol. The Hall–Kier alpha value is -1.45. The Morgan fingerprint density at radius 1 is 1.64 bits per heavy atom. The standard InChI is InChI=1S/C7H7N3O/c1-4-2-8-6-5(4)7(11)10-3-9-6/h2-3,5H,1H3,(H,8,9,10,11). The normalized spacial score (nSPS) is 27.4. The van der Waals surface area contributed by atoms with Crippen LogP contribution in [-0.4, -0.2) is 18.1 Å². The molecule has 0 radical (unpaired) electrons. The van der Waals surface area contributed by atoms with Gasteiger partial charge in [0.2, 0.25) is 5.91 Å². The van der Waals surface area contributed by atoms with Crippen molar-refractivity contribution in [3.05, 3.63) is 11.8 Å². The van der Waals surface area contributed by atoms with Crippen molar-refractivity contribution in [1.82, 2.24) is 5.32 Å². The first-order chi connectivity index (χ1) is 5.29. The topological polar surface area (TPSA) is 53.8 Å². The summed E-state index contributed by atoms with van der Waals surface area (Å²) in [6, 6.07) is 0. The predicted octanol–water partition coefficient (Wildman–Crippen LogP) is 0.0766. The van der Waals surface area contributed by atoms with Gasteiger partial charge < -0.3 is 5.32 Å². The van der Waals surface area contributed by atoms with E-state index in [1.807, 2.05) is 6.92 Å². The van der Waals surface area contributed by atoms with E-state index in [0.717, 1.165) is 5.57 Å². The van der Waals surface area contributed by atoms with Crippen LogP contribution in [0.5, 0.6) is 0 Å². The molecule has 0 saturated carbocycles. The van der Waals surface area contributed by atoms with E-state index in [-0.39, 0.29) is 11.8 Å². The molecule has 4 heteroatoms. The number of fused-ring (bicyclic) bond motifs is 1. The lowest BCUT2D eigenvalue weighted by Crippen LogP contribution is -2.37. The van der Waals surface area contributed by atoms with Crippen molar-refractivity contribution in [1.29, 1.82) is 0 Å². The van der Waals surface area contributed by atoms with Crippen molar-refractivity contribution >= 4 is 18.1 Å². The molecule has 11 heavy (non-hydrogen) atoms. The minimum atomic E-state index is -0.236. The van der Waals surface area contributed by atoms with Crippen LogP contribution in [0.4, 0.5) is 0 Å². The van der Waals surface area contributed by atoms with Gasteiger partial charge in [0.25, 0.3) is 0 Å². The van der Waals surface area contributed by atoms with E-state index in [0.29, 0.717) is 5.84 Å². The molecule has 0 fully saturated rings. The first-order valence-electron chi connectivity index (χ1n) is 3.36. The van der Waals surface area contributed by atoms with Crippen LogP contribution < -0.4 is 5.32 Å². The van der Waals surface area contributed by atoms with Crippen LogP contribution >= 0.6 is 0 Å². The molecule has 4 nitrogen and oxygen atoms in total. The molecular formula is C7H7N3O. The Balaban J connectivity index is 2.42. The van der Waals surface area contributed by atoms with E-state index in [9.17, 15) is 4.79 Å². The van der Waals surface area contributed by atoms with Crippen molar-refractivity contribution in [3.63, 3.8) is 0 Å². The molecule has 1 unspecified atom stereocenters. The summed E-state index contributed by atoms with van der Waals surface area (Å²) < 4.78 is 0. The summed E-state index contributed by atoms with van der Waals surface area (Å²) in [6.07, 6.45) is 3.06. The molecule has 56 valence electrons. The van der Waals surface area contributed by atoms with Gasteiger partial charge in [-0.15, -0.1) is 0 Å². The fourth-order valence-electron chi connectivity index (χ4n) is 1.20. The second-order valence-electron chi connectivity index (χ2n) is 2.56. The number of hydrogen-bond donors (Lipinski definition) is 1. The minimum absolute atomic E-state index is 0.0370. The van der Waals surface area contributed by atoms with Crippen molar-refractivity contribution in [3.8, 4) is 0 Å². The third kappa shape index (κ3) is 0.790. The second kappa shape index (κ2) is 2.02. The van der Waals surface area contributed by atoms with Crippen molar-refractivity contribution < 1.29 is 4.79 Å². The summed E-state index contributed by atoms with van der Waals surface area (Å²) in [4.78, 5) is 19.1. The number of carbonyl (C=O) groups is 1. The number of nitrogens with zero attached hydrogens (tertiary/aromatic N) is 2. The number of carbonyl (C=O) groups excluding carboxylic acids is 1. The summed E-state index contributed by atoms with van der Waals surface area (Å²) >= 11 is 0. The SMILES string of the molecule is CC1=CN=C2N=CNC(=O)C12. The van der Waals surface area contributed by atoms with Crippen LogP contribution in [0.15, 0.2) is 21.8 Å². The fourth-order valence-corrected chi connectivity index (χ4v) is 1.20. The third-order valence-electron chi connectivity index (χ3n) is 1.78. The van der Waals surface area contributed by atoms with Gasteiger partial charge in [0, 0.05) is 6.20 Å². The number of rotatable bonds is 0. The maximum absolute atomic E-state index is 11.2. The smallest absolute Gasteiger partial charge is 0.240 e. The van der Waals surface area contributed by atoms with E-state index in [1.54, 1.807) is 6.20 Å². The van der Waals surface area contributed by atoms with Crippen LogP contribution in [0.25, 0.3) is 0 Å². The number of amides is 1. The Morgan fingerprint density at radius 2 is 2.45 bits per heavy atom. The highest BCUT2D eigenvalue weighted by Crippen LogP contribution is 2.21. The molecule has 0 aliphatic carbocycles. The lowest BCUT2D eigenvalue weighted by molar-refractivity contribution is -0.120. The molecule has 0 aromatic rings. The van der Waals surface area contributed by atoms with Gasteiger partial charge in [-0.1, -0.05) is 0 Å². The molecule has 2 aliphatic rings. The van der Waals surface area contributed by atoms with E-state index in [1.165, 1.54) is 6.34 Å². The second-order valence-corrected chi connectivity index (χ2v) is 2.56. The monoisotopic (exact) mass is 149 g/mol. The fraction of sp³-hybridized carbons (Fsp3) is 0.286. The van der Waals surface area contributed by atoms with Crippen molar-refractivity contribution in [2.24, 2.45) is 15.9 Å². The molecular weight excluding hydrogens is 142 g/mol. The molecule has 1 amide bonds. The van der Waals surface area contributed by atoms with Gasteiger partial charge in [0.15, 0.2) is 0 Å². The summed E-state index contributed by atoms with van der Waals surface area (Å²) in [5, 5.41) is 2.53. The van der Waals surface area contributed by atoms with Gasteiger partial charge in [-0.25, -0.2) is 9.98 Å². The highest BCUT2D eigenvalue weighted by molar-refractivity contribution is 6.15. The third-order valence-corrected chi connectivity index (χ3v) is 1.78. The zero-order valence-electron chi connectivity index (χ0n) is 6.03. The van der Waals surface area contributed by atoms with E-state index in [2.05, 4.69) is 15.3 Å². The summed E-state index contributed by atoms with van der Waals surface area (Å²) in [7, 11) is 0. The first kappa shape index (κ1) is 6.27. The quantitative estimate of drug-likeness (QED) is 0.521. The Morgan fingerprint density at radius 3 is 3.18 bits per heavy atom. The molecule has 1 N–H and O–H groups in total. The average Bonchev–Trinajstić information content (AvgIpc) is 2.34. The van der Waals surface area contributed by atoms with Gasteiger partial charge in [-0.2, -0.15) is 0 Å². The van der Waals surface area contributed by atoms with Crippen LogP contribution in [-0.2, 0) is 4.79 Å². The molecule has 0 aromatic heterocycles. The Labute approximate surface area is 63.7 Å². The zero-order chi connectivity index (χ0) is 7.84. The van der Waals surface area contributed by atoms with Crippen molar-refractivity contribution in [2.75, 3.05) is 0 Å². The highest BCUT2D eigenvalue weighted by Gasteiger charge is 2.30. The lowest BCUT2D eigenvalue weighted by atomic mass is 10.0. The summed E-state index contributed by atoms with van der Waals surface area (Å²) in [6.45, 7) is 1.88. The number of amidine groups is 1. The van der Waals surface area contributed by atoms with Crippen molar-refractivity contribution in [2.45, 2.75) is 6.92 Å². The van der Waals surface area contributed by atoms with E-state index < -0.39 is 0 Å². The molecule has 0 saturated heterocycles. The lowest BCUT2D eigenvalue weighted by Gasteiger charge is -2.14. The van der Waals surface area contributed by atoms with Gasteiger partial charge in [0.05, 0.1) is 6.34 Å². The molecule has 0 spiro atoms. The van der Waals surface area contributed by atoms with Gasteiger partial charge in [-0.3, -0.25) is 4.79 Å². The Kier molecular flexibility index (Phi) is 1.15. The number of hydrogen-bond acceptors (Lipinski definition) is 3. The maximum atomic E-state index is 11.2. The van der Waals surface area contributed by atoms with E-state index >= 15 is 0 Å². The minimum Gasteiger partial charge on any atom is -0.316 e. The van der Waals surface area contributed by atoms with Gasteiger partial charge >= 0.3 is 0 Å². The maximum Gasteiger partial charge on any atom is 0.240 e. The molecule has 2 heterocycles. The van der Waals surface area contributed by atoms with Crippen LogP contribution in [0.3, 0.4) is 0 Å². The molecule has 0 bridgehead atoms. The van der Waals surface area contributed by atoms with Crippen LogP contribution in [0.2, 0.25) is 0 Å². The Bertz CT molecular complexity index is 301. The van der Waals surface area contributed by atoms with Crippen LogP contribution in [0, 0.1) is 5.92 Å². The first-order valence-corrected chi connectivity index (χ1v) is 3.36. The molecule has 1 atom stereocenters. The highest BCUT2D eigenvalue weighted by atomic mass is 16.2. The molecule has 0 aromatic carbocycles. The predicted molar refractivity (Wildman–Crippen MR) is 41.3 cm³/mol. The number of nitrogens with one attached hydrogen (secondary N) is 1. The number of aliphatic imine (C=N–C) groups is 2. The van der Waals surface area contributed by atoms with Gasteiger partial charge in [0.1, 0.15) is 11.8 Å².